The number of carbonyl (C=O) groups excluding carboxylic acids is 2. The molecule has 0 unspecified atom stereocenters. The summed E-state index contributed by atoms with van der Waals surface area (Å²) in [5, 5.41) is 2.83. The second-order valence-electron chi connectivity index (χ2n) is 6.97. The number of rotatable bonds is 9. The Morgan fingerprint density at radius 2 is 1.69 bits per heavy atom. The molecule has 0 aliphatic heterocycles. The lowest BCUT2D eigenvalue weighted by atomic mass is 10.1. The van der Waals surface area contributed by atoms with Crippen LogP contribution in [0.3, 0.4) is 0 Å². The van der Waals surface area contributed by atoms with E-state index in [2.05, 4.69) is 30.1 Å². The van der Waals surface area contributed by atoms with Crippen LogP contribution in [0.5, 0.6) is 0 Å². The van der Waals surface area contributed by atoms with E-state index < -0.39 is 0 Å². The number of halogens is 1. The molecule has 2 aromatic rings. The van der Waals surface area contributed by atoms with Gasteiger partial charge in [-0.05, 0) is 62.2 Å². The van der Waals surface area contributed by atoms with Crippen LogP contribution in [-0.2, 0) is 16.0 Å². The summed E-state index contributed by atoms with van der Waals surface area (Å²) in [7, 11) is 0. The van der Waals surface area contributed by atoms with E-state index in [0.717, 1.165) is 35.6 Å². The molecule has 2 rings (SSSR count). The smallest absolute Gasteiger partial charge is 0.224 e. The molecule has 156 valence electrons. The topological polar surface area (TPSA) is 52.6 Å². The highest BCUT2D eigenvalue weighted by atomic mass is 19.1. The van der Waals surface area contributed by atoms with Gasteiger partial charge in [0.05, 0.1) is 6.42 Å². The zero-order valence-electron chi connectivity index (χ0n) is 17.7. The van der Waals surface area contributed by atoms with Crippen molar-refractivity contribution in [3.05, 3.63) is 59.4 Å². The summed E-state index contributed by atoms with van der Waals surface area (Å²) in [5.74, 6) is -0.557. The molecule has 0 fully saturated rings. The van der Waals surface area contributed by atoms with Gasteiger partial charge in [0.15, 0.2) is 0 Å². The highest BCUT2D eigenvalue weighted by molar-refractivity contribution is 5.92. The van der Waals surface area contributed by atoms with Crippen molar-refractivity contribution in [2.24, 2.45) is 0 Å². The van der Waals surface area contributed by atoms with E-state index in [1.165, 1.54) is 19.1 Å². The first-order valence-electron chi connectivity index (χ1n) is 10.0. The molecule has 29 heavy (non-hydrogen) atoms. The standard InChI is InChI=1S/C23H30FN3O2/c1-5-26(6-2)21-11-12-22(17(3)15-21)27(18(4)28)14-13-25-23(29)16-19-7-9-20(24)10-8-19/h7-12,15H,5-6,13-14,16H2,1-4H3,(H,25,29). The molecule has 0 atom stereocenters. The normalized spacial score (nSPS) is 10.5. The summed E-state index contributed by atoms with van der Waals surface area (Å²) < 4.78 is 13.0. The van der Waals surface area contributed by atoms with Gasteiger partial charge in [0, 0.05) is 44.5 Å². The molecule has 6 heteroatoms. The summed E-state index contributed by atoms with van der Waals surface area (Å²) in [6, 6.07) is 11.9. The minimum Gasteiger partial charge on any atom is -0.372 e. The van der Waals surface area contributed by atoms with Crippen LogP contribution in [0.2, 0.25) is 0 Å². The number of nitrogens with one attached hydrogen (secondary N) is 1. The zero-order valence-corrected chi connectivity index (χ0v) is 17.7. The third-order valence-corrected chi connectivity index (χ3v) is 4.92. The molecule has 0 saturated heterocycles. The molecular formula is C23H30FN3O2. The average molecular weight is 400 g/mol. The van der Waals surface area contributed by atoms with Crippen LogP contribution in [-0.4, -0.2) is 38.0 Å². The van der Waals surface area contributed by atoms with Crippen LogP contribution >= 0.6 is 0 Å². The third-order valence-electron chi connectivity index (χ3n) is 4.92. The zero-order chi connectivity index (χ0) is 21.4. The van der Waals surface area contributed by atoms with Crippen molar-refractivity contribution in [2.75, 3.05) is 36.0 Å². The monoisotopic (exact) mass is 399 g/mol. The number of nitrogens with zero attached hydrogens (tertiary/aromatic N) is 2. The first-order valence-corrected chi connectivity index (χ1v) is 10.0. The van der Waals surface area contributed by atoms with Crippen molar-refractivity contribution in [3.63, 3.8) is 0 Å². The first kappa shape index (κ1) is 22.4. The van der Waals surface area contributed by atoms with E-state index in [1.807, 2.05) is 19.1 Å². The van der Waals surface area contributed by atoms with Gasteiger partial charge in [-0.15, -0.1) is 0 Å². The van der Waals surface area contributed by atoms with Gasteiger partial charge in [-0.1, -0.05) is 12.1 Å². The Hall–Kier alpha value is -2.89. The maximum Gasteiger partial charge on any atom is 0.224 e. The van der Waals surface area contributed by atoms with Crippen LogP contribution in [0.4, 0.5) is 15.8 Å². The number of amides is 2. The van der Waals surface area contributed by atoms with Crippen LogP contribution in [0, 0.1) is 12.7 Å². The Morgan fingerprint density at radius 1 is 1.03 bits per heavy atom. The van der Waals surface area contributed by atoms with Gasteiger partial charge in [-0.25, -0.2) is 4.39 Å². The van der Waals surface area contributed by atoms with Gasteiger partial charge in [0.25, 0.3) is 0 Å². The molecule has 0 aromatic heterocycles. The van der Waals surface area contributed by atoms with Crippen molar-refractivity contribution in [1.82, 2.24) is 5.32 Å². The minimum absolute atomic E-state index is 0.0727. The van der Waals surface area contributed by atoms with Crippen molar-refractivity contribution >= 4 is 23.2 Å². The Kier molecular flexibility index (Phi) is 8.19. The Bertz CT molecular complexity index is 833. The maximum atomic E-state index is 13.0. The number of carbonyl (C=O) groups is 2. The summed E-state index contributed by atoms with van der Waals surface area (Å²) in [4.78, 5) is 28.3. The molecule has 2 amide bonds. The van der Waals surface area contributed by atoms with E-state index in [0.29, 0.717) is 13.1 Å². The molecule has 0 aliphatic carbocycles. The minimum atomic E-state index is -0.325. The SMILES string of the molecule is CCN(CC)c1ccc(N(CCNC(=O)Cc2ccc(F)cc2)C(C)=O)c(C)c1. The molecule has 0 spiro atoms. The van der Waals surface area contributed by atoms with E-state index in [4.69, 9.17) is 0 Å². The Labute approximate surface area is 172 Å². The fraction of sp³-hybridized carbons (Fsp3) is 0.391. The van der Waals surface area contributed by atoms with Crippen LogP contribution in [0.25, 0.3) is 0 Å². The molecule has 5 nitrogen and oxygen atoms in total. The van der Waals surface area contributed by atoms with Crippen LogP contribution in [0.15, 0.2) is 42.5 Å². The molecule has 0 saturated carbocycles. The quantitative estimate of drug-likeness (QED) is 0.700. The van der Waals surface area contributed by atoms with E-state index in [-0.39, 0.29) is 24.1 Å². The van der Waals surface area contributed by atoms with E-state index in [1.54, 1.807) is 17.0 Å². The van der Waals surface area contributed by atoms with Gasteiger partial charge in [0.2, 0.25) is 11.8 Å². The fourth-order valence-electron chi connectivity index (χ4n) is 3.33. The van der Waals surface area contributed by atoms with E-state index >= 15 is 0 Å². The molecule has 1 N–H and O–H groups in total. The van der Waals surface area contributed by atoms with Crippen molar-refractivity contribution < 1.29 is 14.0 Å². The van der Waals surface area contributed by atoms with Gasteiger partial charge in [-0.3, -0.25) is 9.59 Å². The maximum absolute atomic E-state index is 13.0. The predicted molar refractivity (Wildman–Crippen MR) is 116 cm³/mol. The molecule has 0 aliphatic rings. The summed E-state index contributed by atoms with van der Waals surface area (Å²) in [5.41, 5.74) is 3.74. The summed E-state index contributed by atoms with van der Waals surface area (Å²) in [6.45, 7) is 10.3. The lowest BCUT2D eigenvalue weighted by molar-refractivity contribution is -0.121. The van der Waals surface area contributed by atoms with Crippen LogP contribution in [0.1, 0.15) is 31.9 Å². The number of hydrogen-bond acceptors (Lipinski definition) is 3. The number of anilines is 2. The third kappa shape index (κ3) is 6.31. The lowest BCUT2D eigenvalue weighted by Crippen LogP contribution is -2.38. The Morgan fingerprint density at radius 3 is 2.24 bits per heavy atom. The van der Waals surface area contributed by atoms with Crippen LogP contribution < -0.4 is 15.1 Å². The second kappa shape index (κ2) is 10.6. The van der Waals surface area contributed by atoms with Gasteiger partial charge in [0.1, 0.15) is 5.82 Å². The van der Waals surface area contributed by atoms with Crippen molar-refractivity contribution in [2.45, 2.75) is 34.1 Å². The lowest BCUT2D eigenvalue weighted by Gasteiger charge is -2.26. The molecular weight excluding hydrogens is 369 g/mol. The highest BCUT2D eigenvalue weighted by Gasteiger charge is 2.15. The molecule has 0 heterocycles. The van der Waals surface area contributed by atoms with Gasteiger partial charge in [-0.2, -0.15) is 0 Å². The fourth-order valence-corrected chi connectivity index (χ4v) is 3.33. The summed E-state index contributed by atoms with van der Waals surface area (Å²) >= 11 is 0. The largest absolute Gasteiger partial charge is 0.372 e. The molecule has 2 aromatic carbocycles. The number of benzene rings is 2. The summed E-state index contributed by atoms with van der Waals surface area (Å²) in [6.07, 6.45) is 0.179. The van der Waals surface area contributed by atoms with Gasteiger partial charge >= 0.3 is 0 Å². The second-order valence-corrected chi connectivity index (χ2v) is 6.97. The highest BCUT2D eigenvalue weighted by Crippen LogP contribution is 2.25. The molecule has 0 radical (unpaired) electrons. The van der Waals surface area contributed by atoms with E-state index in [9.17, 15) is 14.0 Å². The predicted octanol–water partition coefficient (Wildman–Crippen LogP) is 3.69. The Balaban J connectivity index is 1.98. The van der Waals surface area contributed by atoms with Crippen molar-refractivity contribution in [3.8, 4) is 0 Å². The first-order chi connectivity index (χ1) is 13.8. The van der Waals surface area contributed by atoms with Gasteiger partial charge < -0.3 is 15.1 Å². The average Bonchev–Trinajstić information content (AvgIpc) is 2.68. The number of aryl methyl sites for hydroxylation is 1. The molecule has 0 bridgehead atoms. The number of hydrogen-bond donors (Lipinski definition) is 1. The van der Waals surface area contributed by atoms with Crippen molar-refractivity contribution in [1.29, 1.82) is 0 Å².